The van der Waals surface area contributed by atoms with Gasteiger partial charge >= 0.3 is 5.97 Å². The average molecular weight is 579 g/mol. The fourth-order valence-electron chi connectivity index (χ4n) is 5.31. The van der Waals surface area contributed by atoms with Gasteiger partial charge in [-0.15, -0.1) is 5.10 Å². The van der Waals surface area contributed by atoms with Crippen molar-refractivity contribution >= 4 is 11.8 Å². The minimum Gasteiger partial charge on any atom is -0.481 e. The quantitative estimate of drug-likeness (QED) is 0.132. The van der Waals surface area contributed by atoms with Crippen molar-refractivity contribution in [2.75, 3.05) is 31.2 Å². The van der Waals surface area contributed by atoms with E-state index in [9.17, 15) is 4.79 Å². The molecule has 0 aromatic carbocycles. The van der Waals surface area contributed by atoms with Crippen molar-refractivity contribution in [1.82, 2.24) is 34.7 Å². The second-order valence-electron chi connectivity index (χ2n) is 10.9. The van der Waals surface area contributed by atoms with Crippen LogP contribution in [-0.4, -0.2) is 72.1 Å². The maximum absolute atomic E-state index is 10.5. The van der Waals surface area contributed by atoms with Gasteiger partial charge in [0.1, 0.15) is 17.8 Å². The van der Waals surface area contributed by atoms with Gasteiger partial charge in [-0.2, -0.15) is 5.10 Å². The molecule has 11 heteroatoms. The van der Waals surface area contributed by atoms with Crippen molar-refractivity contribution in [3.63, 3.8) is 0 Å². The second-order valence-corrected chi connectivity index (χ2v) is 10.9. The molecule has 3 aromatic heterocycles. The van der Waals surface area contributed by atoms with Crippen molar-refractivity contribution in [3.8, 4) is 11.5 Å². The maximum Gasteiger partial charge on any atom is 0.303 e. The fraction of sp³-hybridized carbons (Fsp3) is 0.613. The van der Waals surface area contributed by atoms with Gasteiger partial charge in [-0.05, 0) is 44.9 Å². The highest BCUT2D eigenvalue weighted by molar-refractivity contribution is 5.66. The number of rotatable bonds is 20. The molecular weight excluding hydrogens is 532 g/mol. The Balaban J connectivity index is 1.16. The highest BCUT2D eigenvalue weighted by Gasteiger charge is 2.18. The van der Waals surface area contributed by atoms with Crippen LogP contribution >= 0.6 is 0 Å². The number of carboxylic acids is 1. The lowest BCUT2D eigenvalue weighted by molar-refractivity contribution is -0.137. The zero-order valence-electron chi connectivity index (χ0n) is 24.8. The van der Waals surface area contributed by atoms with E-state index < -0.39 is 5.97 Å². The van der Waals surface area contributed by atoms with E-state index in [0.717, 1.165) is 81.1 Å². The largest absolute Gasteiger partial charge is 0.481 e. The molecule has 1 fully saturated rings. The summed E-state index contributed by atoms with van der Waals surface area (Å²) in [5, 5.41) is 21.6. The standard InChI is InChI=1S/C31H46N8O3/c40-31(41)17-15-13-11-9-7-5-3-1-2-4-6-8-10-12-14-16-27-28(38-19-18-34-36-38)25-35-39(27)30-24-29(32-26-33-30)37-20-22-42-23-21-37/h1,3,18-19,24-26H,2,4-17,20-23H2,(H,40,41)/b3-1-. The Morgan fingerprint density at radius 3 is 2.24 bits per heavy atom. The minimum atomic E-state index is -0.683. The van der Waals surface area contributed by atoms with Crippen LogP contribution in [0.4, 0.5) is 5.82 Å². The SMILES string of the molecule is O=C(O)CCCCCCC/C=C\CCCCCCCCc1c(-n2ccnn2)cnn1-c1cc(N2CCOCC2)ncn1. The maximum atomic E-state index is 10.5. The number of carboxylic acid groups (broad SMARTS) is 1. The molecule has 1 saturated heterocycles. The molecule has 42 heavy (non-hydrogen) atoms. The van der Waals surface area contributed by atoms with E-state index in [0.29, 0.717) is 19.6 Å². The number of nitrogens with zero attached hydrogens (tertiary/aromatic N) is 8. The number of morpholine rings is 1. The summed E-state index contributed by atoms with van der Waals surface area (Å²) in [7, 11) is 0. The number of carbonyl (C=O) groups is 1. The first-order valence-electron chi connectivity index (χ1n) is 15.7. The van der Waals surface area contributed by atoms with Crippen LogP contribution in [0.5, 0.6) is 0 Å². The van der Waals surface area contributed by atoms with Crippen LogP contribution in [-0.2, 0) is 16.0 Å². The first-order valence-corrected chi connectivity index (χ1v) is 15.7. The summed E-state index contributed by atoms with van der Waals surface area (Å²) in [6.45, 7) is 3.06. The lowest BCUT2D eigenvalue weighted by atomic mass is 10.1. The monoisotopic (exact) mass is 578 g/mol. The molecule has 4 heterocycles. The minimum absolute atomic E-state index is 0.303. The molecule has 0 radical (unpaired) electrons. The third-order valence-corrected chi connectivity index (χ3v) is 7.67. The van der Waals surface area contributed by atoms with Crippen molar-refractivity contribution in [2.24, 2.45) is 0 Å². The third-order valence-electron chi connectivity index (χ3n) is 7.67. The Bertz CT molecular complexity index is 1200. The second kappa shape index (κ2) is 18.0. The molecule has 11 nitrogen and oxygen atoms in total. The molecule has 0 bridgehead atoms. The van der Waals surface area contributed by atoms with E-state index in [-0.39, 0.29) is 0 Å². The number of anilines is 1. The van der Waals surface area contributed by atoms with Crippen LogP contribution in [0.15, 0.2) is 43.1 Å². The number of hydrogen-bond acceptors (Lipinski definition) is 8. The summed E-state index contributed by atoms with van der Waals surface area (Å²) >= 11 is 0. The van der Waals surface area contributed by atoms with E-state index in [2.05, 4.69) is 37.3 Å². The van der Waals surface area contributed by atoms with Crippen molar-refractivity contribution < 1.29 is 14.6 Å². The van der Waals surface area contributed by atoms with Crippen LogP contribution in [0.25, 0.3) is 11.5 Å². The van der Waals surface area contributed by atoms with Gasteiger partial charge < -0.3 is 14.7 Å². The van der Waals surface area contributed by atoms with E-state index in [1.165, 1.54) is 44.9 Å². The zero-order valence-corrected chi connectivity index (χ0v) is 24.8. The van der Waals surface area contributed by atoms with Crippen LogP contribution in [0, 0.1) is 0 Å². The lowest BCUT2D eigenvalue weighted by Gasteiger charge is -2.27. The average Bonchev–Trinajstić information content (AvgIpc) is 3.69. The fourth-order valence-corrected chi connectivity index (χ4v) is 5.31. The summed E-state index contributed by atoms with van der Waals surface area (Å²) in [5.41, 5.74) is 2.02. The first kappa shape index (κ1) is 31.3. The van der Waals surface area contributed by atoms with Gasteiger partial charge in [0.2, 0.25) is 0 Å². The smallest absolute Gasteiger partial charge is 0.303 e. The Morgan fingerprint density at radius 2 is 1.55 bits per heavy atom. The van der Waals surface area contributed by atoms with Gasteiger partial charge in [0.05, 0.1) is 37.5 Å². The number of hydrogen-bond donors (Lipinski definition) is 1. The molecule has 0 unspecified atom stereocenters. The van der Waals surface area contributed by atoms with Crippen LogP contribution in [0.2, 0.25) is 0 Å². The Hall–Kier alpha value is -3.60. The molecule has 228 valence electrons. The molecule has 1 aliphatic rings. The molecule has 3 aromatic rings. The summed E-state index contributed by atoms with van der Waals surface area (Å²) in [6.07, 6.45) is 27.7. The highest BCUT2D eigenvalue weighted by Crippen LogP contribution is 2.22. The van der Waals surface area contributed by atoms with Crippen molar-refractivity contribution in [1.29, 1.82) is 0 Å². The van der Waals surface area contributed by atoms with Gasteiger partial charge in [-0.25, -0.2) is 19.3 Å². The third kappa shape index (κ3) is 10.3. The Labute approximate surface area is 249 Å². The molecule has 0 amide bonds. The number of allylic oxidation sites excluding steroid dienone is 2. The van der Waals surface area contributed by atoms with Crippen molar-refractivity contribution in [3.05, 3.63) is 48.8 Å². The van der Waals surface area contributed by atoms with Gasteiger partial charge in [-0.1, -0.05) is 62.3 Å². The predicted molar refractivity (Wildman–Crippen MR) is 162 cm³/mol. The first-order chi connectivity index (χ1) is 20.7. The zero-order chi connectivity index (χ0) is 29.2. The summed E-state index contributed by atoms with van der Waals surface area (Å²) in [5.74, 6) is 0.973. The van der Waals surface area contributed by atoms with Crippen LogP contribution in [0.1, 0.15) is 95.6 Å². The van der Waals surface area contributed by atoms with E-state index in [1.54, 1.807) is 17.2 Å². The Morgan fingerprint density at radius 1 is 0.881 bits per heavy atom. The number of ether oxygens (including phenoxy) is 1. The Kier molecular flexibility index (Phi) is 13.5. The van der Waals surface area contributed by atoms with Gasteiger partial charge in [0, 0.05) is 25.6 Å². The van der Waals surface area contributed by atoms with E-state index >= 15 is 0 Å². The summed E-state index contributed by atoms with van der Waals surface area (Å²) in [6, 6.07) is 2.01. The van der Waals surface area contributed by atoms with Gasteiger partial charge in [0.25, 0.3) is 0 Å². The van der Waals surface area contributed by atoms with Gasteiger partial charge in [0.15, 0.2) is 5.82 Å². The highest BCUT2D eigenvalue weighted by atomic mass is 16.5. The molecule has 1 aliphatic heterocycles. The number of aromatic nitrogens is 7. The number of unbranched alkanes of at least 4 members (excludes halogenated alkanes) is 11. The molecule has 0 atom stereocenters. The van der Waals surface area contributed by atoms with Crippen LogP contribution in [0.3, 0.4) is 0 Å². The van der Waals surface area contributed by atoms with E-state index in [4.69, 9.17) is 14.9 Å². The molecule has 4 rings (SSSR count). The van der Waals surface area contributed by atoms with E-state index in [1.807, 2.05) is 23.1 Å². The summed E-state index contributed by atoms with van der Waals surface area (Å²) in [4.78, 5) is 21.8. The molecule has 0 aliphatic carbocycles. The topological polar surface area (TPSA) is 124 Å². The summed E-state index contributed by atoms with van der Waals surface area (Å²) < 4.78 is 9.20. The van der Waals surface area contributed by atoms with Crippen molar-refractivity contribution in [2.45, 2.75) is 96.3 Å². The molecule has 0 saturated carbocycles. The normalized spacial score (nSPS) is 13.8. The van der Waals surface area contributed by atoms with Crippen LogP contribution < -0.4 is 4.90 Å². The molecule has 1 N–H and O–H groups in total. The predicted octanol–water partition coefficient (Wildman–Crippen LogP) is 5.72. The molecule has 0 spiro atoms. The lowest BCUT2D eigenvalue weighted by Crippen LogP contribution is -2.36. The van der Waals surface area contributed by atoms with Gasteiger partial charge in [-0.3, -0.25) is 4.79 Å². The molecular formula is C31H46N8O3. The number of aliphatic carboxylic acids is 1.